The number of amides is 2. The summed E-state index contributed by atoms with van der Waals surface area (Å²) < 4.78 is 3.78. The number of hydrogen-bond acceptors (Lipinski definition) is 5. The first kappa shape index (κ1) is 16.1. The molecule has 1 aromatic carbocycles. The van der Waals surface area contributed by atoms with Gasteiger partial charge in [0.15, 0.2) is 0 Å². The van der Waals surface area contributed by atoms with Crippen LogP contribution in [0.5, 0.6) is 0 Å². The van der Waals surface area contributed by atoms with Gasteiger partial charge in [-0.05, 0) is 30.1 Å². The molecule has 116 valence electrons. The van der Waals surface area contributed by atoms with Gasteiger partial charge in [0.05, 0.1) is 5.69 Å². The summed E-state index contributed by atoms with van der Waals surface area (Å²) in [5.74, 6) is -0.272. The fourth-order valence-electron chi connectivity index (χ4n) is 1.94. The fourth-order valence-corrected chi connectivity index (χ4v) is 2.61. The first-order valence-corrected chi connectivity index (χ1v) is 7.81. The molecule has 0 aliphatic rings. The van der Waals surface area contributed by atoms with Crippen molar-refractivity contribution in [2.75, 3.05) is 18.5 Å². The Balaban J connectivity index is 1.83. The lowest BCUT2D eigenvalue weighted by Crippen LogP contribution is -2.32. The summed E-state index contributed by atoms with van der Waals surface area (Å²) in [6.07, 6.45) is 0.903. The standard InChI is InChI=1S/C15H18N4O2S/c1-3-12-14(22-18-17-12)15(21)16-10-9-13(20)19(2)11-7-5-4-6-8-11/h4-8H,3,9-10H2,1-2H3,(H,16,21). The SMILES string of the molecule is CCc1nnsc1C(=O)NCCC(=O)N(C)c1ccccc1. The van der Waals surface area contributed by atoms with Crippen molar-refractivity contribution in [2.24, 2.45) is 0 Å². The van der Waals surface area contributed by atoms with Gasteiger partial charge < -0.3 is 10.2 Å². The van der Waals surface area contributed by atoms with Crippen molar-refractivity contribution < 1.29 is 9.59 Å². The van der Waals surface area contributed by atoms with Gasteiger partial charge in [-0.3, -0.25) is 9.59 Å². The summed E-state index contributed by atoms with van der Waals surface area (Å²) in [5.41, 5.74) is 1.52. The van der Waals surface area contributed by atoms with Crippen molar-refractivity contribution in [1.82, 2.24) is 14.9 Å². The molecule has 2 aromatic rings. The molecule has 2 amide bonds. The smallest absolute Gasteiger partial charge is 0.264 e. The molecule has 0 bridgehead atoms. The molecule has 0 atom stereocenters. The van der Waals surface area contributed by atoms with Gasteiger partial charge in [-0.25, -0.2) is 0 Å². The second-order valence-electron chi connectivity index (χ2n) is 4.70. The average molecular weight is 318 g/mol. The number of aromatic nitrogens is 2. The highest BCUT2D eigenvalue weighted by atomic mass is 32.1. The zero-order valence-electron chi connectivity index (χ0n) is 12.6. The summed E-state index contributed by atoms with van der Waals surface area (Å²) >= 11 is 1.08. The van der Waals surface area contributed by atoms with Crippen LogP contribution in [0.1, 0.15) is 28.7 Å². The molecule has 0 spiro atoms. The highest BCUT2D eigenvalue weighted by molar-refractivity contribution is 7.08. The zero-order chi connectivity index (χ0) is 15.9. The Morgan fingerprint density at radius 1 is 1.27 bits per heavy atom. The third-order valence-corrected chi connectivity index (χ3v) is 4.01. The van der Waals surface area contributed by atoms with Crippen molar-refractivity contribution in [3.05, 3.63) is 40.9 Å². The van der Waals surface area contributed by atoms with E-state index in [1.54, 1.807) is 11.9 Å². The van der Waals surface area contributed by atoms with Crippen LogP contribution in [0.25, 0.3) is 0 Å². The molecule has 1 N–H and O–H groups in total. The summed E-state index contributed by atoms with van der Waals surface area (Å²) in [6, 6.07) is 9.39. The normalized spacial score (nSPS) is 10.3. The second-order valence-corrected chi connectivity index (χ2v) is 5.45. The third-order valence-electron chi connectivity index (χ3n) is 3.24. The molecule has 1 heterocycles. The monoisotopic (exact) mass is 318 g/mol. The van der Waals surface area contributed by atoms with Crippen LogP contribution in [0.4, 0.5) is 5.69 Å². The van der Waals surface area contributed by atoms with E-state index in [0.29, 0.717) is 17.0 Å². The summed E-state index contributed by atoms with van der Waals surface area (Å²) in [7, 11) is 1.72. The number of benzene rings is 1. The van der Waals surface area contributed by atoms with Crippen LogP contribution in [-0.4, -0.2) is 35.0 Å². The van der Waals surface area contributed by atoms with E-state index in [0.717, 1.165) is 17.2 Å². The Morgan fingerprint density at radius 3 is 2.68 bits per heavy atom. The lowest BCUT2D eigenvalue weighted by molar-refractivity contribution is -0.118. The third kappa shape index (κ3) is 3.88. The van der Waals surface area contributed by atoms with Gasteiger partial charge in [0, 0.05) is 25.7 Å². The van der Waals surface area contributed by atoms with Gasteiger partial charge in [-0.15, -0.1) is 5.10 Å². The highest BCUT2D eigenvalue weighted by Gasteiger charge is 2.16. The molecule has 0 aliphatic heterocycles. The Kier molecular flexibility index (Phi) is 5.60. The Labute approximate surface area is 133 Å². The number of nitrogens with one attached hydrogen (secondary N) is 1. The van der Waals surface area contributed by atoms with E-state index in [1.807, 2.05) is 37.3 Å². The average Bonchev–Trinajstić information content (AvgIpc) is 3.03. The largest absolute Gasteiger partial charge is 0.351 e. The lowest BCUT2D eigenvalue weighted by atomic mass is 10.2. The first-order chi connectivity index (χ1) is 10.6. The molecule has 0 saturated heterocycles. The molecular weight excluding hydrogens is 300 g/mol. The molecule has 7 heteroatoms. The quantitative estimate of drug-likeness (QED) is 0.882. The molecule has 2 rings (SSSR count). The van der Waals surface area contributed by atoms with E-state index in [1.165, 1.54) is 0 Å². The van der Waals surface area contributed by atoms with E-state index in [4.69, 9.17) is 0 Å². The molecule has 0 aliphatic carbocycles. The zero-order valence-corrected chi connectivity index (χ0v) is 13.4. The Bertz CT molecular complexity index is 642. The number of carbonyl (C=O) groups is 2. The fraction of sp³-hybridized carbons (Fsp3) is 0.333. The number of hydrogen-bond donors (Lipinski definition) is 1. The Morgan fingerprint density at radius 2 is 2.00 bits per heavy atom. The van der Waals surface area contributed by atoms with Gasteiger partial charge >= 0.3 is 0 Å². The van der Waals surface area contributed by atoms with Crippen molar-refractivity contribution >= 4 is 29.0 Å². The van der Waals surface area contributed by atoms with Crippen LogP contribution < -0.4 is 10.2 Å². The van der Waals surface area contributed by atoms with Crippen molar-refractivity contribution in [2.45, 2.75) is 19.8 Å². The minimum Gasteiger partial charge on any atom is -0.351 e. The van der Waals surface area contributed by atoms with E-state index < -0.39 is 0 Å². The molecule has 6 nitrogen and oxygen atoms in total. The molecule has 0 unspecified atom stereocenters. The van der Waals surface area contributed by atoms with Gasteiger partial charge in [-0.1, -0.05) is 29.6 Å². The van der Waals surface area contributed by atoms with Gasteiger partial charge in [0.25, 0.3) is 5.91 Å². The second kappa shape index (κ2) is 7.65. The number of nitrogens with zero attached hydrogens (tertiary/aromatic N) is 3. The molecule has 1 aromatic heterocycles. The van der Waals surface area contributed by atoms with Gasteiger partial charge in [0.1, 0.15) is 4.88 Å². The van der Waals surface area contributed by atoms with Crippen molar-refractivity contribution in [3.63, 3.8) is 0 Å². The van der Waals surface area contributed by atoms with Crippen LogP contribution in [0.2, 0.25) is 0 Å². The Hall–Kier alpha value is -2.28. The van der Waals surface area contributed by atoms with Crippen molar-refractivity contribution in [1.29, 1.82) is 0 Å². The molecule has 0 radical (unpaired) electrons. The maximum atomic E-state index is 12.1. The van der Waals surface area contributed by atoms with Gasteiger partial charge in [0.2, 0.25) is 5.91 Å². The lowest BCUT2D eigenvalue weighted by Gasteiger charge is -2.17. The predicted molar refractivity (Wildman–Crippen MR) is 86.1 cm³/mol. The van der Waals surface area contributed by atoms with E-state index in [9.17, 15) is 9.59 Å². The summed E-state index contributed by atoms with van der Waals surface area (Å²) in [5, 5.41) is 6.64. The van der Waals surface area contributed by atoms with Crippen LogP contribution in [0.3, 0.4) is 0 Å². The number of anilines is 1. The van der Waals surface area contributed by atoms with E-state index >= 15 is 0 Å². The van der Waals surface area contributed by atoms with Crippen molar-refractivity contribution in [3.8, 4) is 0 Å². The minimum atomic E-state index is -0.220. The minimum absolute atomic E-state index is 0.0513. The number of rotatable bonds is 6. The number of para-hydroxylation sites is 1. The van der Waals surface area contributed by atoms with Gasteiger partial charge in [-0.2, -0.15) is 0 Å². The van der Waals surface area contributed by atoms with E-state index in [2.05, 4.69) is 14.9 Å². The number of carbonyl (C=O) groups excluding carboxylic acids is 2. The maximum absolute atomic E-state index is 12.1. The van der Waals surface area contributed by atoms with Crippen LogP contribution in [-0.2, 0) is 11.2 Å². The molecular formula is C15H18N4O2S. The predicted octanol–water partition coefficient (Wildman–Crippen LogP) is 1.88. The van der Waals surface area contributed by atoms with Crippen LogP contribution in [0, 0.1) is 0 Å². The van der Waals surface area contributed by atoms with Crippen LogP contribution in [0.15, 0.2) is 30.3 Å². The summed E-state index contributed by atoms with van der Waals surface area (Å²) in [6.45, 7) is 2.21. The summed E-state index contributed by atoms with van der Waals surface area (Å²) in [4.78, 5) is 26.2. The molecule has 0 fully saturated rings. The maximum Gasteiger partial charge on any atom is 0.264 e. The first-order valence-electron chi connectivity index (χ1n) is 7.04. The topological polar surface area (TPSA) is 75.2 Å². The molecule has 0 saturated carbocycles. The molecule has 22 heavy (non-hydrogen) atoms. The van der Waals surface area contributed by atoms with E-state index in [-0.39, 0.29) is 24.8 Å². The highest BCUT2D eigenvalue weighted by Crippen LogP contribution is 2.12. The number of aryl methyl sites for hydroxylation is 1. The van der Waals surface area contributed by atoms with Crippen LogP contribution >= 0.6 is 11.5 Å².